The summed E-state index contributed by atoms with van der Waals surface area (Å²) in [7, 11) is 0. The van der Waals surface area contributed by atoms with Crippen molar-refractivity contribution in [3.8, 4) is 0 Å². The fourth-order valence-corrected chi connectivity index (χ4v) is 3.24. The predicted molar refractivity (Wildman–Crippen MR) is 68.9 cm³/mol. The summed E-state index contributed by atoms with van der Waals surface area (Å²) in [6.07, 6.45) is 0. The summed E-state index contributed by atoms with van der Waals surface area (Å²) in [6, 6.07) is 0. The Morgan fingerprint density at radius 3 is 2.72 bits per heavy atom. The van der Waals surface area contributed by atoms with Gasteiger partial charge in [-0.3, -0.25) is 4.90 Å². The van der Waals surface area contributed by atoms with Crippen molar-refractivity contribution >= 4 is 17.3 Å². The lowest BCUT2D eigenvalue weighted by atomic mass is 9.96. The Hall–Kier alpha value is -0.980. The number of thiazole rings is 1. The Morgan fingerprint density at radius 2 is 2.22 bits per heavy atom. The molecule has 1 aromatic heterocycles. The van der Waals surface area contributed by atoms with Crippen molar-refractivity contribution in [2.75, 3.05) is 19.7 Å². The quantitative estimate of drug-likeness (QED) is 0.877. The van der Waals surface area contributed by atoms with E-state index < -0.39 is 5.97 Å². The van der Waals surface area contributed by atoms with E-state index in [1.165, 1.54) is 4.88 Å². The van der Waals surface area contributed by atoms with Crippen LogP contribution < -0.4 is 0 Å². The Morgan fingerprint density at radius 1 is 1.56 bits per heavy atom. The standard InChI is InChI=1S/C12H18N2O3S/c1-8-10(18-9(2)13-8)4-14-6-12(3,7-14)17-5-11(15)16/h4-7H2,1-3H3,(H,15,16). The zero-order valence-corrected chi connectivity index (χ0v) is 11.7. The van der Waals surface area contributed by atoms with Gasteiger partial charge in [0.25, 0.3) is 0 Å². The number of rotatable bonds is 5. The number of nitrogens with zero attached hydrogens (tertiary/aromatic N) is 2. The molecule has 18 heavy (non-hydrogen) atoms. The molecule has 0 aliphatic carbocycles. The lowest BCUT2D eigenvalue weighted by molar-refractivity contribution is -0.165. The molecule has 6 heteroatoms. The molecule has 2 heterocycles. The average Bonchev–Trinajstić information content (AvgIpc) is 2.52. The van der Waals surface area contributed by atoms with Crippen LogP contribution in [0.25, 0.3) is 0 Å². The third-order valence-corrected chi connectivity index (χ3v) is 4.08. The molecule has 100 valence electrons. The van der Waals surface area contributed by atoms with Gasteiger partial charge < -0.3 is 9.84 Å². The smallest absolute Gasteiger partial charge is 0.329 e. The highest BCUT2D eigenvalue weighted by Gasteiger charge is 2.40. The highest BCUT2D eigenvalue weighted by Crippen LogP contribution is 2.28. The summed E-state index contributed by atoms with van der Waals surface area (Å²) in [5, 5.41) is 9.68. The Labute approximate surface area is 110 Å². The van der Waals surface area contributed by atoms with E-state index >= 15 is 0 Å². The van der Waals surface area contributed by atoms with Crippen LogP contribution in [-0.2, 0) is 16.1 Å². The van der Waals surface area contributed by atoms with Crippen LogP contribution >= 0.6 is 11.3 Å². The van der Waals surface area contributed by atoms with Gasteiger partial charge in [-0.05, 0) is 20.8 Å². The number of hydrogen-bond donors (Lipinski definition) is 1. The molecule has 0 saturated carbocycles. The van der Waals surface area contributed by atoms with Crippen LogP contribution in [-0.4, -0.2) is 46.3 Å². The highest BCUT2D eigenvalue weighted by molar-refractivity contribution is 7.11. The first kappa shape index (κ1) is 13.5. The number of aryl methyl sites for hydroxylation is 2. The third-order valence-electron chi connectivity index (χ3n) is 3.03. The summed E-state index contributed by atoms with van der Waals surface area (Å²) < 4.78 is 5.38. The van der Waals surface area contributed by atoms with E-state index in [0.717, 1.165) is 30.3 Å². The molecule has 0 unspecified atom stereocenters. The first-order valence-electron chi connectivity index (χ1n) is 5.89. The van der Waals surface area contributed by atoms with E-state index in [0.29, 0.717) is 0 Å². The maximum Gasteiger partial charge on any atom is 0.329 e. The van der Waals surface area contributed by atoms with Crippen molar-refractivity contribution in [1.82, 2.24) is 9.88 Å². The molecule has 5 nitrogen and oxygen atoms in total. The third kappa shape index (κ3) is 3.07. The van der Waals surface area contributed by atoms with Crippen molar-refractivity contribution in [3.63, 3.8) is 0 Å². The molecule has 0 atom stereocenters. The fraction of sp³-hybridized carbons (Fsp3) is 0.667. The molecule has 0 amide bonds. The molecule has 1 fully saturated rings. The molecule has 0 spiro atoms. The summed E-state index contributed by atoms with van der Waals surface area (Å²) in [5.74, 6) is -0.913. The Kier molecular flexibility index (Phi) is 3.70. The van der Waals surface area contributed by atoms with Crippen LogP contribution in [0.15, 0.2) is 0 Å². The van der Waals surface area contributed by atoms with Crippen molar-refractivity contribution in [1.29, 1.82) is 0 Å². The zero-order chi connectivity index (χ0) is 13.3. The molecular formula is C12H18N2O3S. The number of ether oxygens (including phenoxy) is 1. The second-order valence-corrected chi connectivity index (χ2v) is 6.31. The fourth-order valence-electron chi connectivity index (χ4n) is 2.26. The number of aromatic nitrogens is 1. The summed E-state index contributed by atoms with van der Waals surface area (Å²) >= 11 is 1.72. The molecular weight excluding hydrogens is 252 g/mol. The Bertz CT molecular complexity index is 452. The number of likely N-dealkylation sites (tertiary alicyclic amines) is 1. The van der Waals surface area contributed by atoms with Gasteiger partial charge in [0.2, 0.25) is 0 Å². The first-order chi connectivity index (χ1) is 8.38. The molecule has 1 aromatic rings. The van der Waals surface area contributed by atoms with E-state index in [-0.39, 0.29) is 12.2 Å². The SMILES string of the molecule is Cc1nc(C)c(CN2CC(C)(OCC(=O)O)C2)s1. The molecule has 1 saturated heterocycles. The van der Waals surface area contributed by atoms with Crippen LogP contribution in [0.2, 0.25) is 0 Å². The largest absolute Gasteiger partial charge is 0.480 e. The minimum Gasteiger partial charge on any atom is -0.480 e. The monoisotopic (exact) mass is 270 g/mol. The molecule has 1 aliphatic heterocycles. The first-order valence-corrected chi connectivity index (χ1v) is 6.71. The zero-order valence-electron chi connectivity index (χ0n) is 10.9. The lowest BCUT2D eigenvalue weighted by Crippen LogP contribution is -2.61. The number of carboxylic acid groups (broad SMARTS) is 1. The summed E-state index contributed by atoms with van der Waals surface area (Å²) in [5.41, 5.74) is 0.781. The van der Waals surface area contributed by atoms with Crippen molar-refractivity contribution in [2.45, 2.75) is 32.9 Å². The molecule has 0 bridgehead atoms. The van der Waals surface area contributed by atoms with E-state index in [4.69, 9.17) is 9.84 Å². The molecule has 1 aliphatic rings. The summed E-state index contributed by atoms with van der Waals surface area (Å²) in [4.78, 5) is 18.4. The van der Waals surface area contributed by atoms with Gasteiger partial charge in [-0.25, -0.2) is 9.78 Å². The van der Waals surface area contributed by atoms with E-state index in [1.807, 2.05) is 20.8 Å². The van der Waals surface area contributed by atoms with Crippen molar-refractivity contribution in [2.24, 2.45) is 0 Å². The molecule has 0 radical (unpaired) electrons. The van der Waals surface area contributed by atoms with E-state index in [2.05, 4.69) is 9.88 Å². The number of carboxylic acids is 1. The van der Waals surface area contributed by atoms with Gasteiger partial charge in [0.15, 0.2) is 0 Å². The van der Waals surface area contributed by atoms with Crippen LogP contribution in [0.4, 0.5) is 0 Å². The van der Waals surface area contributed by atoms with E-state index in [1.54, 1.807) is 11.3 Å². The van der Waals surface area contributed by atoms with Crippen LogP contribution in [0.5, 0.6) is 0 Å². The van der Waals surface area contributed by atoms with Crippen LogP contribution in [0.1, 0.15) is 22.5 Å². The minimum atomic E-state index is -0.913. The number of hydrogen-bond acceptors (Lipinski definition) is 5. The Balaban J connectivity index is 1.82. The lowest BCUT2D eigenvalue weighted by Gasteiger charge is -2.47. The van der Waals surface area contributed by atoms with Gasteiger partial charge in [-0.2, -0.15) is 0 Å². The van der Waals surface area contributed by atoms with Gasteiger partial charge in [0, 0.05) is 24.5 Å². The average molecular weight is 270 g/mol. The molecule has 2 rings (SSSR count). The van der Waals surface area contributed by atoms with Gasteiger partial charge in [-0.1, -0.05) is 0 Å². The van der Waals surface area contributed by atoms with Crippen LogP contribution in [0, 0.1) is 13.8 Å². The van der Waals surface area contributed by atoms with Crippen molar-refractivity contribution < 1.29 is 14.6 Å². The normalized spacial score (nSPS) is 18.6. The molecule has 1 N–H and O–H groups in total. The number of aliphatic carboxylic acids is 1. The predicted octanol–water partition coefficient (Wildman–Crippen LogP) is 1.44. The second-order valence-electron chi connectivity index (χ2n) is 5.02. The van der Waals surface area contributed by atoms with Gasteiger partial charge in [0.1, 0.15) is 6.61 Å². The highest BCUT2D eigenvalue weighted by atomic mass is 32.1. The van der Waals surface area contributed by atoms with Gasteiger partial charge in [-0.15, -0.1) is 11.3 Å². The minimum absolute atomic E-state index is 0.219. The number of carbonyl (C=O) groups is 1. The van der Waals surface area contributed by atoms with Gasteiger partial charge >= 0.3 is 5.97 Å². The van der Waals surface area contributed by atoms with Crippen LogP contribution in [0.3, 0.4) is 0 Å². The molecule has 0 aromatic carbocycles. The summed E-state index contributed by atoms with van der Waals surface area (Å²) in [6.45, 7) is 8.20. The van der Waals surface area contributed by atoms with Gasteiger partial charge in [0.05, 0.1) is 16.3 Å². The van der Waals surface area contributed by atoms with E-state index in [9.17, 15) is 4.79 Å². The maximum atomic E-state index is 10.5. The van der Waals surface area contributed by atoms with Crippen molar-refractivity contribution in [3.05, 3.63) is 15.6 Å². The maximum absolute atomic E-state index is 10.5. The topological polar surface area (TPSA) is 62.7 Å². The second kappa shape index (κ2) is 4.95.